The second-order valence-corrected chi connectivity index (χ2v) is 5.64. The third-order valence-corrected chi connectivity index (χ3v) is 4.47. The lowest BCUT2D eigenvalue weighted by atomic mass is 10.2. The molecule has 0 unspecified atom stereocenters. The van der Waals surface area contributed by atoms with Gasteiger partial charge in [0.05, 0.1) is 0 Å². The number of hydrazine groups is 1. The Balaban J connectivity index is 2.19. The summed E-state index contributed by atoms with van der Waals surface area (Å²) in [5.74, 6) is 7.08. The Kier molecular flexibility index (Phi) is 4.79. The SMILES string of the molecule is CCc1nc(NN)c(C)c(SC2CCOCC2)n1. The zero-order valence-electron chi connectivity index (χ0n) is 10.9. The Bertz CT molecular complexity index is 407. The van der Waals surface area contributed by atoms with Gasteiger partial charge in [-0.3, -0.25) is 0 Å². The zero-order valence-corrected chi connectivity index (χ0v) is 11.7. The monoisotopic (exact) mass is 268 g/mol. The van der Waals surface area contributed by atoms with Crippen LogP contribution in [0.15, 0.2) is 5.03 Å². The van der Waals surface area contributed by atoms with Crippen LogP contribution in [-0.4, -0.2) is 28.4 Å². The van der Waals surface area contributed by atoms with Crippen molar-refractivity contribution in [3.63, 3.8) is 0 Å². The van der Waals surface area contributed by atoms with E-state index in [0.717, 1.165) is 54.7 Å². The molecule has 18 heavy (non-hydrogen) atoms. The fourth-order valence-electron chi connectivity index (χ4n) is 1.91. The molecule has 100 valence electrons. The summed E-state index contributed by atoms with van der Waals surface area (Å²) in [6.45, 7) is 5.76. The molecule has 2 rings (SSSR count). The molecule has 0 radical (unpaired) electrons. The molecule has 0 spiro atoms. The van der Waals surface area contributed by atoms with Gasteiger partial charge in [-0.2, -0.15) is 0 Å². The molecule has 0 aliphatic carbocycles. The molecule has 5 nitrogen and oxygen atoms in total. The lowest BCUT2D eigenvalue weighted by molar-refractivity contribution is 0.1000. The van der Waals surface area contributed by atoms with E-state index in [1.165, 1.54) is 0 Å². The summed E-state index contributed by atoms with van der Waals surface area (Å²) >= 11 is 1.82. The molecular weight excluding hydrogens is 248 g/mol. The van der Waals surface area contributed by atoms with Gasteiger partial charge in [-0.1, -0.05) is 6.92 Å². The number of ether oxygens (including phenoxy) is 1. The molecule has 3 N–H and O–H groups in total. The van der Waals surface area contributed by atoms with Crippen molar-refractivity contribution >= 4 is 17.6 Å². The van der Waals surface area contributed by atoms with Crippen LogP contribution in [0.2, 0.25) is 0 Å². The third kappa shape index (κ3) is 3.13. The first-order chi connectivity index (χ1) is 8.74. The smallest absolute Gasteiger partial charge is 0.147 e. The van der Waals surface area contributed by atoms with Crippen molar-refractivity contribution < 1.29 is 4.74 Å². The molecule has 0 bridgehead atoms. The van der Waals surface area contributed by atoms with Crippen molar-refractivity contribution in [1.82, 2.24) is 9.97 Å². The van der Waals surface area contributed by atoms with Crippen molar-refractivity contribution in [2.45, 2.75) is 43.4 Å². The van der Waals surface area contributed by atoms with Crippen molar-refractivity contribution in [3.05, 3.63) is 11.4 Å². The van der Waals surface area contributed by atoms with Crippen LogP contribution in [0.4, 0.5) is 5.82 Å². The Hall–Kier alpha value is -0.850. The Labute approximate surface area is 112 Å². The minimum absolute atomic E-state index is 0.586. The van der Waals surface area contributed by atoms with Crippen molar-refractivity contribution in [2.24, 2.45) is 5.84 Å². The number of thioether (sulfide) groups is 1. The third-order valence-electron chi connectivity index (χ3n) is 3.05. The van der Waals surface area contributed by atoms with Crippen LogP contribution in [0.5, 0.6) is 0 Å². The predicted molar refractivity (Wildman–Crippen MR) is 73.7 cm³/mol. The van der Waals surface area contributed by atoms with Crippen LogP contribution < -0.4 is 11.3 Å². The number of nitrogen functional groups attached to an aromatic ring is 1. The number of hydrogen-bond donors (Lipinski definition) is 2. The van der Waals surface area contributed by atoms with E-state index in [4.69, 9.17) is 10.6 Å². The highest BCUT2D eigenvalue weighted by Crippen LogP contribution is 2.32. The molecule has 0 aromatic carbocycles. The quantitative estimate of drug-likeness (QED) is 0.493. The number of hydrogen-bond acceptors (Lipinski definition) is 6. The highest BCUT2D eigenvalue weighted by molar-refractivity contribution is 7.99. The normalized spacial score (nSPS) is 16.8. The Morgan fingerprint density at radius 2 is 2.11 bits per heavy atom. The summed E-state index contributed by atoms with van der Waals surface area (Å²) in [7, 11) is 0. The van der Waals surface area contributed by atoms with Gasteiger partial charge in [0.2, 0.25) is 0 Å². The van der Waals surface area contributed by atoms with Gasteiger partial charge in [-0.05, 0) is 19.8 Å². The fraction of sp³-hybridized carbons (Fsp3) is 0.667. The molecule has 6 heteroatoms. The molecule has 1 saturated heterocycles. The number of aromatic nitrogens is 2. The van der Waals surface area contributed by atoms with E-state index < -0.39 is 0 Å². The number of nitrogens with zero attached hydrogens (tertiary/aromatic N) is 2. The first-order valence-corrected chi connectivity index (χ1v) is 7.21. The van der Waals surface area contributed by atoms with Gasteiger partial charge in [-0.25, -0.2) is 15.8 Å². The molecule has 2 heterocycles. The standard InChI is InChI=1S/C12H20N4OS/c1-3-10-14-11(16-13)8(2)12(15-10)18-9-4-6-17-7-5-9/h9H,3-7,13H2,1-2H3,(H,14,15,16). The van der Waals surface area contributed by atoms with E-state index in [1.54, 1.807) is 0 Å². The summed E-state index contributed by atoms with van der Waals surface area (Å²) < 4.78 is 5.38. The van der Waals surface area contributed by atoms with Crippen molar-refractivity contribution in [3.8, 4) is 0 Å². The van der Waals surface area contributed by atoms with Gasteiger partial charge in [0.15, 0.2) is 0 Å². The Morgan fingerprint density at radius 3 is 2.72 bits per heavy atom. The first-order valence-electron chi connectivity index (χ1n) is 6.33. The first kappa shape index (κ1) is 13.6. The van der Waals surface area contributed by atoms with E-state index in [0.29, 0.717) is 5.25 Å². The van der Waals surface area contributed by atoms with Crippen molar-refractivity contribution in [1.29, 1.82) is 0 Å². The van der Waals surface area contributed by atoms with E-state index in [9.17, 15) is 0 Å². The second kappa shape index (κ2) is 6.36. The minimum Gasteiger partial charge on any atom is -0.381 e. The van der Waals surface area contributed by atoms with Crippen LogP contribution in [0.25, 0.3) is 0 Å². The number of rotatable bonds is 4. The van der Waals surface area contributed by atoms with Crippen molar-refractivity contribution in [2.75, 3.05) is 18.6 Å². The average molecular weight is 268 g/mol. The maximum Gasteiger partial charge on any atom is 0.147 e. The highest BCUT2D eigenvalue weighted by atomic mass is 32.2. The number of aryl methyl sites for hydroxylation is 1. The summed E-state index contributed by atoms with van der Waals surface area (Å²) in [4.78, 5) is 8.99. The topological polar surface area (TPSA) is 73.1 Å². The van der Waals surface area contributed by atoms with Crippen LogP contribution in [0.3, 0.4) is 0 Å². The van der Waals surface area contributed by atoms with Crippen LogP contribution in [0, 0.1) is 6.92 Å². The number of nitrogens with one attached hydrogen (secondary N) is 1. The van der Waals surface area contributed by atoms with Gasteiger partial charge in [0, 0.05) is 30.4 Å². The van der Waals surface area contributed by atoms with Gasteiger partial charge < -0.3 is 10.2 Å². The zero-order chi connectivity index (χ0) is 13.0. The number of anilines is 1. The summed E-state index contributed by atoms with van der Waals surface area (Å²) in [5, 5.41) is 1.63. The number of nitrogens with two attached hydrogens (primary N) is 1. The summed E-state index contributed by atoms with van der Waals surface area (Å²) in [6, 6.07) is 0. The van der Waals surface area contributed by atoms with Gasteiger partial charge in [-0.15, -0.1) is 11.8 Å². The lowest BCUT2D eigenvalue weighted by Crippen LogP contribution is -2.18. The second-order valence-electron chi connectivity index (χ2n) is 4.35. The lowest BCUT2D eigenvalue weighted by Gasteiger charge is -2.22. The summed E-state index contributed by atoms with van der Waals surface area (Å²) in [6.07, 6.45) is 2.98. The molecule has 1 aliphatic rings. The fourth-order valence-corrected chi connectivity index (χ4v) is 3.08. The summed E-state index contributed by atoms with van der Waals surface area (Å²) in [5.41, 5.74) is 3.69. The molecule has 1 aromatic rings. The molecule has 0 saturated carbocycles. The predicted octanol–water partition coefficient (Wildman–Crippen LogP) is 1.90. The van der Waals surface area contributed by atoms with E-state index in [1.807, 2.05) is 25.6 Å². The molecule has 1 aromatic heterocycles. The molecular formula is C12H20N4OS. The van der Waals surface area contributed by atoms with Crippen LogP contribution >= 0.6 is 11.8 Å². The molecule has 1 fully saturated rings. The van der Waals surface area contributed by atoms with E-state index in [2.05, 4.69) is 15.4 Å². The van der Waals surface area contributed by atoms with Gasteiger partial charge >= 0.3 is 0 Å². The van der Waals surface area contributed by atoms with E-state index in [-0.39, 0.29) is 0 Å². The van der Waals surface area contributed by atoms with Gasteiger partial charge in [0.25, 0.3) is 0 Å². The Morgan fingerprint density at radius 1 is 1.39 bits per heavy atom. The van der Waals surface area contributed by atoms with E-state index >= 15 is 0 Å². The average Bonchev–Trinajstić information content (AvgIpc) is 2.42. The highest BCUT2D eigenvalue weighted by Gasteiger charge is 2.18. The maximum absolute atomic E-state index is 5.51. The van der Waals surface area contributed by atoms with Crippen LogP contribution in [0.1, 0.15) is 31.2 Å². The molecule has 0 atom stereocenters. The van der Waals surface area contributed by atoms with Crippen LogP contribution in [-0.2, 0) is 11.2 Å². The molecule has 1 aliphatic heterocycles. The largest absolute Gasteiger partial charge is 0.381 e. The van der Waals surface area contributed by atoms with Gasteiger partial charge in [0.1, 0.15) is 16.7 Å². The molecule has 0 amide bonds. The minimum atomic E-state index is 0.586. The maximum atomic E-state index is 5.51.